The molecule has 2 rings (SSSR count). The summed E-state index contributed by atoms with van der Waals surface area (Å²) in [5, 5.41) is 3.87. The van der Waals surface area contributed by atoms with E-state index in [1.54, 1.807) is 11.6 Å². The highest BCUT2D eigenvalue weighted by molar-refractivity contribution is 5.10. The van der Waals surface area contributed by atoms with Crippen molar-refractivity contribution in [3.8, 4) is 0 Å². The van der Waals surface area contributed by atoms with Gasteiger partial charge < -0.3 is 4.74 Å². The van der Waals surface area contributed by atoms with Gasteiger partial charge in [0, 0.05) is 12.3 Å². The van der Waals surface area contributed by atoms with E-state index in [1.807, 2.05) is 0 Å². The van der Waals surface area contributed by atoms with Crippen molar-refractivity contribution in [2.24, 2.45) is 0 Å². The van der Waals surface area contributed by atoms with Crippen LogP contribution in [0.3, 0.4) is 0 Å². The van der Waals surface area contributed by atoms with E-state index in [2.05, 4.69) is 5.10 Å². The maximum absolute atomic E-state index is 12.4. The van der Waals surface area contributed by atoms with E-state index in [4.69, 9.17) is 4.74 Å². The van der Waals surface area contributed by atoms with Gasteiger partial charge in [-0.25, -0.2) is 13.5 Å². The summed E-state index contributed by atoms with van der Waals surface area (Å²) in [4.78, 5) is 0. The van der Waals surface area contributed by atoms with Crippen molar-refractivity contribution >= 4 is 0 Å². The second-order valence-corrected chi connectivity index (χ2v) is 3.78. The number of aromatic nitrogens is 2. The van der Waals surface area contributed by atoms with E-state index in [9.17, 15) is 8.78 Å². The highest BCUT2D eigenvalue weighted by Crippen LogP contribution is 2.26. The molecule has 0 aromatic carbocycles. The van der Waals surface area contributed by atoms with Gasteiger partial charge in [-0.3, -0.25) is 0 Å². The van der Waals surface area contributed by atoms with Crippen LogP contribution in [0.5, 0.6) is 0 Å². The second-order valence-electron chi connectivity index (χ2n) is 3.78. The van der Waals surface area contributed by atoms with E-state index in [0.29, 0.717) is 6.61 Å². The molecule has 1 aliphatic heterocycles. The number of nitrogens with zero attached hydrogens (tertiary/aromatic N) is 2. The number of rotatable bonds is 2. The minimum Gasteiger partial charge on any atom is -0.357 e. The van der Waals surface area contributed by atoms with Crippen LogP contribution < -0.4 is 0 Å². The molecule has 1 aromatic heterocycles. The first-order valence-electron chi connectivity index (χ1n) is 5.14. The van der Waals surface area contributed by atoms with Gasteiger partial charge in [-0.15, -0.1) is 0 Å². The second kappa shape index (κ2) is 4.26. The number of aryl methyl sites for hydroxylation is 1. The van der Waals surface area contributed by atoms with Crippen LogP contribution in [0.25, 0.3) is 0 Å². The SMILES string of the molecule is Cc1cc(C(F)F)nn1C1CCCCO1. The molecule has 5 heteroatoms. The summed E-state index contributed by atoms with van der Waals surface area (Å²) in [5.41, 5.74) is 0.568. The average molecular weight is 216 g/mol. The van der Waals surface area contributed by atoms with Gasteiger partial charge in [0.2, 0.25) is 0 Å². The molecule has 1 aliphatic rings. The average Bonchev–Trinajstić information content (AvgIpc) is 2.62. The minimum absolute atomic E-state index is 0.161. The number of ether oxygens (including phenoxy) is 1. The van der Waals surface area contributed by atoms with Crippen molar-refractivity contribution in [2.75, 3.05) is 6.61 Å². The van der Waals surface area contributed by atoms with Crippen LogP contribution in [0.15, 0.2) is 6.07 Å². The summed E-state index contributed by atoms with van der Waals surface area (Å²) in [5.74, 6) is 0. The third-order valence-corrected chi connectivity index (χ3v) is 2.59. The molecule has 1 unspecified atom stereocenters. The largest absolute Gasteiger partial charge is 0.357 e. The summed E-state index contributed by atoms with van der Waals surface area (Å²) in [6.07, 6.45) is 0.289. The smallest absolute Gasteiger partial charge is 0.282 e. The van der Waals surface area contributed by atoms with Crippen molar-refractivity contribution in [2.45, 2.75) is 38.8 Å². The Labute approximate surface area is 87.0 Å². The monoisotopic (exact) mass is 216 g/mol. The van der Waals surface area contributed by atoms with Gasteiger partial charge in [-0.05, 0) is 32.3 Å². The topological polar surface area (TPSA) is 27.1 Å². The fourth-order valence-electron chi connectivity index (χ4n) is 1.83. The molecule has 0 bridgehead atoms. The van der Waals surface area contributed by atoms with Crippen LogP contribution in [-0.2, 0) is 4.74 Å². The van der Waals surface area contributed by atoms with E-state index in [-0.39, 0.29) is 11.9 Å². The number of halogens is 2. The molecule has 0 radical (unpaired) electrons. The van der Waals surface area contributed by atoms with Gasteiger partial charge >= 0.3 is 0 Å². The Kier molecular flexibility index (Phi) is 3.00. The quantitative estimate of drug-likeness (QED) is 0.760. The normalized spacial score (nSPS) is 22.3. The minimum atomic E-state index is -2.51. The Morgan fingerprint density at radius 3 is 2.87 bits per heavy atom. The maximum atomic E-state index is 12.4. The highest BCUT2D eigenvalue weighted by Gasteiger charge is 2.21. The molecule has 15 heavy (non-hydrogen) atoms. The third kappa shape index (κ3) is 2.17. The molecular formula is C10H14F2N2O. The van der Waals surface area contributed by atoms with Crippen LogP contribution in [0.1, 0.15) is 43.3 Å². The lowest BCUT2D eigenvalue weighted by Gasteiger charge is -2.23. The molecule has 1 saturated heterocycles. The van der Waals surface area contributed by atoms with Crippen LogP contribution in [0, 0.1) is 6.92 Å². The van der Waals surface area contributed by atoms with Crippen LogP contribution >= 0.6 is 0 Å². The maximum Gasteiger partial charge on any atom is 0.282 e. The van der Waals surface area contributed by atoms with Gasteiger partial charge in [0.15, 0.2) is 0 Å². The Morgan fingerprint density at radius 1 is 1.53 bits per heavy atom. The molecule has 0 aliphatic carbocycles. The molecule has 84 valence electrons. The molecule has 0 amide bonds. The van der Waals surface area contributed by atoms with Gasteiger partial charge in [-0.1, -0.05) is 0 Å². The Hall–Kier alpha value is -0.970. The van der Waals surface area contributed by atoms with Gasteiger partial charge in [0.1, 0.15) is 11.9 Å². The Balaban J connectivity index is 2.19. The standard InChI is InChI=1S/C10H14F2N2O/c1-7-6-8(10(11)12)13-14(7)9-4-2-3-5-15-9/h6,9-10H,2-5H2,1H3. The summed E-state index contributed by atoms with van der Waals surface area (Å²) in [7, 11) is 0. The van der Waals surface area contributed by atoms with E-state index in [0.717, 1.165) is 25.0 Å². The number of hydrogen-bond donors (Lipinski definition) is 0. The fourth-order valence-corrected chi connectivity index (χ4v) is 1.83. The summed E-state index contributed by atoms with van der Waals surface area (Å²) < 4.78 is 31.9. The predicted octanol–water partition coefficient (Wildman–Crippen LogP) is 2.83. The summed E-state index contributed by atoms with van der Waals surface area (Å²) in [6.45, 7) is 2.46. The van der Waals surface area contributed by atoms with Crippen molar-refractivity contribution in [3.05, 3.63) is 17.5 Å². The third-order valence-electron chi connectivity index (χ3n) is 2.59. The molecule has 3 nitrogen and oxygen atoms in total. The van der Waals surface area contributed by atoms with Crippen molar-refractivity contribution in [3.63, 3.8) is 0 Å². The molecule has 1 fully saturated rings. The predicted molar refractivity (Wildman–Crippen MR) is 50.8 cm³/mol. The van der Waals surface area contributed by atoms with Crippen LogP contribution in [0.4, 0.5) is 8.78 Å². The Bertz CT molecular complexity index is 332. The van der Waals surface area contributed by atoms with Crippen molar-refractivity contribution in [1.29, 1.82) is 0 Å². The first-order valence-corrected chi connectivity index (χ1v) is 5.14. The highest BCUT2D eigenvalue weighted by atomic mass is 19.3. The lowest BCUT2D eigenvalue weighted by Crippen LogP contribution is -2.20. The number of hydrogen-bond acceptors (Lipinski definition) is 2. The zero-order chi connectivity index (χ0) is 10.8. The van der Waals surface area contributed by atoms with Gasteiger partial charge in [-0.2, -0.15) is 5.10 Å². The lowest BCUT2D eigenvalue weighted by molar-refractivity contribution is -0.0413. The molecule has 2 heterocycles. The fraction of sp³-hybridized carbons (Fsp3) is 0.700. The molecular weight excluding hydrogens is 202 g/mol. The molecule has 1 atom stereocenters. The summed E-state index contributed by atoms with van der Waals surface area (Å²) >= 11 is 0. The molecule has 0 N–H and O–H groups in total. The van der Waals surface area contributed by atoms with Crippen molar-refractivity contribution < 1.29 is 13.5 Å². The van der Waals surface area contributed by atoms with Gasteiger partial charge in [0.25, 0.3) is 6.43 Å². The first kappa shape index (κ1) is 10.5. The van der Waals surface area contributed by atoms with Crippen LogP contribution in [0.2, 0.25) is 0 Å². The summed E-state index contributed by atoms with van der Waals surface area (Å²) in [6, 6.07) is 1.42. The first-order chi connectivity index (χ1) is 7.18. The zero-order valence-corrected chi connectivity index (χ0v) is 8.62. The molecule has 0 saturated carbocycles. The molecule has 0 spiro atoms. The van der Waals surface area contributed by atoms with E-state index in [1.165, 1.54) is 6.07 Å². The van der Waals surface area contributed by atoms with Gasteiger partial charge in [0.05, 0.1) is 0 Å². The molecule has 1 aromatic rings. The lowest BCUT2D eigenvalue weighted by atomic mass is 10.2. The van der Waals surface area contributed by atoms with Crippen LogP contribution in [-0.4, -0.2) is 16.4 Å². The van der Waals surface area contributed by atoms with Crippen molar-refractivity contribution in [1.82, 2.24) is 9.78 Å². The van der Waals surface area contributed by atoms with E-state index >= 15 is 0 Å². The van der Waals surface area contributed by atoms with E-state index < -0.39 is 6.43 Å². The Morgan fingerprint density at radius 2 is 2.33 bits per heavy atom. The number of alkyl halides is 2. The zero-order valence-electron chi connectivity index (χ0n) is 8.62.